The zero-order chi connectivity index (χ0) is 12.8. The van der Waals surface area contributed by atoms with Gasteiger partial charge >= 0.3 is 0 Å². The predicted octanol–water partition coefficient (Wildman–Crippen LogP) is 2.81. The summed E-state index contributed by atoms with van der Waals surface area (Å²) in [4.78, 5) is 11.6. The highest BCUT2D eigenvalue weighted by atomic mass is 35.5. The number of hydrogen-bond donors (Lipinski definition) is 2. The van der Waals surface area contributed by atoms with Crippen molar-refractivity contribution in [3.63, 3.8) is 0 Å². The number of carbonyl (C=O) groups is 1. The fraction of sp³-hybridized carbons (Fsp3) is 0.417. The Morgan fingerprint density at radius 1 is 1.47 bits per heavy atom. The fourth-order valence-corrected chi connectivity index (χ4v) is 1.76. The van der Waals surface area contributed by atoms with E-state index in [9.17, 15) is 9.18 Å². The molecular weight excluding hydrogens is 243 g/mol. The highest BCUT2D eigenvalue weighted by Crippen LogP contribution is 2.18. The van der Waals surface area contributed by atoms with Crippen molar-refractivity contribution in [3.05, 3.63) is 29.0 Å². The van der Waals surface area contributed by atoms with Gasteiger partial charge in [-0.05, 0) is 31.7 Å². The molecule has 0 spiro atoms. The molecule has 0 radical (unpaired) electrons. The van der Waals surface area contributed by atoms with Crippen LogP contribution in [-0.2, 0) is 4.79 Å². The fourth-order valence-electron chi connectivity index (χ4n) is 1.54. The van der Waals surface area contributed by atoms with Crippen molar-refractivity contribution in [2.45, 2.75) is 26.3 Å². The summed E-state index contributed by atoms with van der Waals surface area (Å²) >= 11 is 5.69. The van der Waals surface area contributed by atoms with Crippen LogP contribution in [0, 0.1) is 5.82 Å². The molecule has 0 aliphatic carbocycles. The molecule has 1 unspecified atom stereocenters. The predicted molar refractivity (Wildman–Crippen MR) is 67.8 cm³/mol. The molecule has 94 valence electrons. The topological polar surface area (TPSA) is 41.1 Å². The molecule has 17 heavy (non-hydrogen) atoms. The molecule has 5 heteroatoms. The number of anilines is 1. The van der Waals surface area contributed by atoms with Crippen LogP contribution in [0.1, 0.15) is 20.3 Å². The van der Waals surface area contributed by atoms with Gasteiger partial charge in [0.1, 0.15) is 5.82 Å². The summed E-state index contributed by atoms with van der Waals surface area (Å²) < 4.78 is 13.0. The molecule has 0 saturated carbocycles. The largest absolute Gasteiger partial charge is 0.326 e. The Balaban J connectivity index is 2.56. The smallest absolute Gasteiger partial charge is 0.225 e. The van der Waals surface area contributed by atoms with Crippen LogP contribution in [0.2, 0.25) is 5.02 Å². The molecule has 1 amide bonds. The zero-order valence-electron chi connectivity index (χ0n) is 9.89. The van der Waals surface area contributed by atoms with E-state index in [-0.39, 0.29) is 17.0 Å². The first-order valence-electron chi connectivity index (χ1n) is 5.50. The number of hydrogen-bond acceptors (Lipinski definition) is 2. The average Bonchev–Trinajstić information content (AvgIpc) is 2.14. The first-order chi connectivity index (χ1) is 8.01. The Kier molecular flexibility index (Phi) is 5.38. The van der Waals surface area contributed by atoms with E-state index in [1.807, 2.05) is 13.8 Å². The minimum atomic E-state index is -0.465. The Morgan fingerprint density at radius 3 is 2.76 bits per heavy atom. The molecule has 0 aromatic heterocycles. The van der Waals surface area contributed by atoms with Crippen LogP contribution in [0.15, 0.2) is 18.2 Å². The third kappa shape index (κ3) is 5.15. The van der Waals surface area contributed by atoms with Crippen molar-refractivity contribution in [2.24, 2.45) is 0 Å². The van der Waals surface area contributed by atoms with Crippen LogP contribution in [0.4, 0.5) is 10.1 Å². The quantitative estimate of drug-likeness (QED) is 0.853. The van der Waals surface area contributed by atoms with Gasteiger partial charge in [0.2, 0.25) is 5.91 Å². The standard InChI is InChI=1S/C12H16ClFN2O/c1-3-15-8(2)4-12(17)16-11-6-9(13)5-10(14)7-11/h5-8,15H,3-4H2,1-2H3,(H,16,17). The van der Waals surface area contributed by atoms with Crippen LogP contribution >= 0.6 is 11.6 Å². The maximum absolute atomic E-state index is 13.0. The van der Waals surface area contributed by atoms with Gasteiger partial charge in [0.25, 0.3) is 0 Å². The van der Waals surface area contributed by atoms with Gasteiger partial charge < -0.3 is 10.6 Å². The van der Waals surface area contributed by atoms with Gasteiger partial charge in [-0.25, -0.2) is 4.39 Å². The third-order valence-corrected chi connectivity index (χ3v) is 2.41. The van der Waals surface area contributed by atoms with Crippen LogP contribution < -0.4 is 10.6 Å². The normalized spacial score (nSPS) is 12.2. The van der Waals surface area contributed by atoms with Crippen molar-refractivity contribution in [2.75, 3.05) is 11.9 Å². The van der Waals surface area contributed by atoms with Crippen LogP contribution in [0.25, 0.3) is 0 Å². The molecule has 0 aliphatic heterocycles. The molecule has 1 atom stereocenters. The van der Waals surface area contributed by atoms with Crippen molar-refractivity contribution in [1.29, 1.82) is 0 Å². The van der Waals surface area contributed by atoms with Gasteiger partial charge in [-0.3, -0.25) is 4.79 Å². The number of carbonyl (C=O) groups excluding carboxylic acids is 1. The molecule has 1 rings (SSSR count). The molecule has 1 aromatic carbocycles. The molecule has 0 heterocycles. The number of amides is 1. The molecule has 0 bridgehead atoms. The highest BCUT2D eigenvalue weighted by molar-refractivity contribution is 6.30. The SMILES string of the molecule is CCNC(C)CC(=O)Nc1cc(F)cc(Cl)c1. The van der Waals surface area contributed by atoms with E-state index >= 15 is 0 Å². The summed E-state index contributed by atoms with van der Waals surface area (Å²) in [5.74, 6) is -0.632. The van der Waals surface area contributed by atoms with E-state index in [1.165, 1.54) is 18.2 Å². The Labute approximate surface area is 105 Å². The number of nitrogens with one attached hydrogen (secondary N) is 2. The number of halogens is 2. The molecule has 0 saturated heterocycles. The van der Waals surface area contributed by atoms with Gasteiger partial charge in [0.15, 0.2) is 0 Å². The van der Waals surface area contributed by atoms with Gasteiger partial charge in [-0.1, -0.05) is 18.5 Å². The van der Waals surface area contributed by atoms with E-state index in [1.54, 1.807) is 0 Å². The molecular formula is C12H16ClFN2O. The van der Waals surface area contributed by atoms with E-state index in [0.29, 0.717) is 12.1 Å². The van der Waals surface area contributed by atoms with E-state index in [0.717, 1.165) is 6.54 Å². The van der Waals surface area contributed by atoms with E-state index < -0.39 is 5.82 Å². The monoisotopic (exact) mass is 258 g/mol. The molecule has 3 nitrogen and oxygen atoms in total. The third-order valence-electron chi connectivity index (χ3n) is 2.19. The lowest BCUT2D eigenvalue weighted by Crippen LogP contribution is -2.30. The maximum atomic E-state index is 13.0. The molecule has 0 aliphatic rings. The second-order valence-corrected chi connectivity index (χ2v) is 4.31. The van der Waals surface area contributed by atoms with Crippen LogP contribution in [0.5, 0.6) is 0 Å². The maximum Gasteiger partial charge on any atom is 0.225 e. The van der Waals surface area contributed by atoms with Crippen molar-refractivity contribution in [3.8, 4) is 0 Å². The number of rotatable bonds is 5. The summed E-state index contributed by atoms with van der Waals surface area (Å²) in [6, 6.07) is 4.03. The minimum Gasteiger partial charge on any atom is -0.326 e. The van der Waals surface area contributed by atoms with Gasteiger partial charge in [-0.15, -0.1) is 0 Å². The lowest BCUT2D eigenvalue weighted by atomic mass is 10.2. The minimum absolute atomic E-state index is 0.0871. The molecule has 2 N–H and O–H groups in total. The van der Waals surface area contributed by atoms with Crippen molar-refractivity contribution >= 4 is 23.2 Å². The molecule has 1 aromatic rings. The van der Waals surface area contributed by atoms with Crippen molar-refractivity contribution < 1.29 is 9.18 Å². The summed E-state index contributed by atoms with van der Waals surface area (Å²) in [6.07, 6.45) is 0.335. The summed E-state index contributed by atoms with van der Waals surface area (Å²) in [5.41, 5.74) is 0.378. The number of benzene rings is 1. The zero-order valence-corrected chi connectivity index (χ0v) is 10.6. The van der Waals surface area contributed by atoms with Gasteiger partial charge in [-0.2, -0.15) is 0 Å². The lowest BCUT2D eigenvalue weighted by Gasteiger charge is -2.12. The van der Waals surface area contributed by atoms with Crippen molar-refractivity contribution in [1.82, 2.24) is 5.32 Å². The van der Waals surface area contributed by atoms with Crippen LogP contribution in [-0.4, -0.2) is 18.5 Å². The molecule has 0 fully saturated rings. The van der Waals surface area contributed by atoms with Crippen LogP contribution in [0.3, 0.4) is 0 Å². The van der Waals surface area contributed by atoms with E-state index in [2.05, 4.69) is 10.6 Å². The second kappa shape index (κ2) is 6.57. The Hall–Kier alpha value is -1.13. The summed E-state index contributed by atoms with van der Waals surface area (Å²) in [6.45, 7) is 4.70. The first kappa shape index (κ1) is 13.9. The summed E-state index contributed by atoms with van der Waals surface area (Å²) in [5, 5.41) is 6.00. The Bertz CT molecular complexity index is 378. The van der Waals surface area contributed by atoms with Gasteiger partial charge in [0.05, 0.1) is 0 Å². The lowest BCUT2D eigenvalue weighted by molar-refractivity contribution is -0.116. The van der Waals surface area contributed by atoms with Gasteiger partial charge in [0, 0.05) is 23.2 Å². The first-order valence-corrected chi connectivity index (χ1v) is 5.88. The average molecular weight is 259 g/mol. The summed E-state index contributed by atoms with van der Waals surface area (Å²) in [7, 11) is 0. The second-order valence-electron chi connectivity index (χ2n) is 3.87. The van der Waals surface area contributed by atoms with E-state index in [4.69, 9.17) is 11.6 Å². The highest BCUT2D eigenvalue weighted by Gasteiger charge is 2.09. The Morgan fingerprint density at radius 2 is 2.18 bits per heavy atom.